The van der Waals surface area contributed by atoms with Crippen molar-refractivity contribution in [3.05, 3.63) is 97.2 Å². The molecule has 6 aromatic rings. The topological polar surface area (TPSA) is 288 Å². The number of aromatic nitrogens is 1. The van der Waals surface area contributed by atoms with Crippen LogP contribution in [0.1, 0.15) is 0 Å². The monoisotopic (exact) mass is 888 g/mol. The molecule has 0 aliphatic carbocycles. The molecule has 0 saturated carbocycles. The van der Waals surface area contributed by atoms with Crippen LogP contribution in [0.2, 0.25) is 0 Å². The molecule has 6 rings (SSSR count). The molecular weight excluding hydrogens is 868 g/mol. The van der Waals surface area contributed by atoms with E-state index in [9.17, 15) is 52.4 Å². The number of sulfonamides is 1. The van der Waals surface area contributed by atoms with Gasteiger partial charge in [0.1, 0.15) is 41.9 Å². The zero-order valence-electron chi connectivity index (χ0n) is 29.2. The number of fused-ring (bicyclic) bond motifs is 2. The van der Waals surface area contributed by atoms with E-state index in [1.807, 2.05) is 12.1 Å². The SMILES string of the molecule is O=S(=O)([O-])c1cc(OCNc2cc(N=Nc3cc4cccc[n+]4s3)c3c(NS(=O)(=O)c4cccc(S(=O)(=O)[O-])c4)cccc3c2O)cc(S(=O)(=O)[O-])c1.[Na+].[Na+].[Na+]. The van der Waals surface area contributed by atoms with Gasteiger partial charge in [-0.1, -0.05) is 18.2 Å². The van der Waals surface area contributed by atoms with Gasteiger partial charge in [-0.2, -0.15) is 0 Å². The summed E-state index contributed by atoms with van der Waals surface area (Å²) in [5, 5.41) is 23.1. The first-order valence-electron chi connectivity index (χ1n) is 14.4. The van der Waals surface area contributed by atoms with Crippen LogP contribution in [0, 0.1) is 0 Å². The van der Waals surface area contributed by atoms with E-state index in [1.165, 1.54) is 35.8 Å². The quantitative estimate of drug-likeness (QED) is 0.0259. The van der Waals surface area contributed by atoms with Crippen LogP contribution in [-0.2, 0) is 40.4 Å². The molecule has 56 heavy (non-hydrogen) atoms. The second-order valence-electron chi connectivity index (χ2n) is 10.8. The van der Waals surface area contributed by atoms with Gasteiger partial charge >= 0.3 is 88.7 Å². The molecule has 0 amide bonds. The van der Waals surface area contributed by atoms with Gasteiger partial charge in [0, 0.05) is 22.9 Å². The average Bonchev–Trinajstić information content (AvgIpc) is 3.51. The molecule has 276 valence electrons. The van der Waals surface area contributed by atoms with Crippen molar-refractivity contribution in [3.63, 3.8) is 0 Å². The Morgan fingerprint density at radius 1 is 0.679 bits per heavy atom. The zero-order valence-corrected chi connectivity index (χ0v) is 39.3. The standard InChI is InChI=1S/C30H23N5O13S5.3Na/c36-30-24-8-4-9-25(34-50(37,38)20-6-3-7-21(14-20)51(39,40)41)29(24)26(32-33-28-11-18-5-1-2-10-35(18)49-28)16-27(30)31-17-48-19-12-22(52(42,43)44)15-23(13-19)53(45,46)47;;;/h1-16H,17H2,(H5,31,32,34,39,40,41,42,43,44,45,46,47);;;/q;3*+1/p-2. The number of nitrogens with one attached hydrogen (secondary N) is 2. The summed E-state index contributed by atoms with van der Waals surface area (Å²) in [5.41, 5.74) is 0.516. The van der Waals surface area contributed by atoms with Crippen molar-refractivity contribution in [2.45, 2.75) is 19.6 Å². The van der Waals surface area contributed by atoms with Crippen LogP contribution in [-0.4, -0.2) is 59.2 Å². The average molecular weight is 889 g/mol. The van der Waals surface area contributed by atoms with Crippen LogP contribution in [0.5, 0.6) is 11.5 Å². The minimum absolute atomic E-state index is 0. The number of aromatic hydroxyl groups is 1. The van der Waals surface area contributed by atoms with E-state index in [4.69, 9.17) is 4.74 Å². The molecule has 0 spiro atoms. The molecule has 0 aliphatic rings. The van der Waals surface area contributed by atoms with Gasteiger partial charge in [-0.25, -0.2) is 33.7 Å². The maximum Gasteiger partial charge on any atom is 1.00 e. The maximum absolute atomic E-state index is 13.4. The van der Waals surface area contributed by atoms with Gasteiger partial charge in [0.05, 0.1) is 42.7 Å². The molecule has 2 aromatic heterocycles. The Hall–Kier alpha value is -2.27. The number of hydrogen-bond acceptors (Lipinski definition) is 17. The molecule has 0 aliphatic heterocycles. The third-order valence-electron chi connectivity index (χ3n) is 7.27. The van der Waals surface area contributed by atoms with Crippen molar-refractivity contribution in [2.75, 3.05) is 16.8 Å². The summed E-state index contributed by atoms with van der Waals surface area (Å²) in [6.07, 6.45) is 1.79. The number of phenols is 1. The van der Waals surface area contributed by atoms with Crippen LogP contribution in [0.15, 0.2) is 127 Å². The van der Waals surface area contributed by atoms with E-state index >= 15 is 0 Å². The summed E-state index contributed by atoms with van der Waals surface area (Å²) in [6, 6.07) is 18.1. The van der Waals surface area contributed by atoms with Crippen molar-refractivity contribution in [2.24, 2.45) is 10.2 Å². The third-order valence-corrected chi connectivity index (χ3v) is 12.0. The molecule has 0 unspecified atom stereocenters. The molecule has 0 atom stereocenters. The number of anilines is 2. The number of rotatable bonds is 12. The van der Waals surface area contributed by atoms with Gasteiger partial charge in [0.15, 0.2) is 24.5 Å². The molecule has 0 saturated heterocycles. The van der Waals surface area contributed by atoms with Crippen LogP contribution in [0.25, 0.3) is 16.3 Å². The van der Waals surface area contributed by atoms with E-state index in [0.717, 1.165) is 23.7 Å². The molecule has 3 N–H and O–H groups in total. The molecule has 26 heteroatoms. The van der Waals surface area contributed by atoms with Crippen molar-refractivity contribution in [1.29, 1.82) is 0 Å². The third kappa shape index (κ3) is 11.3. The summed E-state index contributed by atoms with van der Waals surface area (Å²) in [7, 11) is -20.0. The first-order chi connectivity index (χ1) is 24.8. The number of phenolic OH excluding ortho intramolecular Hbond substituents is 1. The van der Waals surface area contributed by atoms with Gasteiger partial charge in [0.2, 0.25) is 10.5 Å². The first-order valence-corrected chi connectivity index (χ1v) is 20.9. The van der Waals surface area contributed by atoms with Gasteiger partial charge in [0.25, 0.3) is 10.0 Å². The Bertz CT molecular complexity index is 2850. The summed E-state index contributed by atoms with van der Waals surface area (Å²) < 4.78 is 141. The smallest absolute Gasteiger partial charge is 0.744 e. The Morgan fingerprint density at radius 3 is 1.91 bits per heavy atom. The Morgan fingerprint density at radius 2 is 1.29 bits per heavy atom. The number of benzene rings is 4. The van der Waals surface area contributed by atoms with Gasteiger partial charge < -0.3 is 28.8 Å². The van der Waals surface area contributed by atoms with Crippen molar-refractivity contribution >= 4 is 90.3 Å². The maximum atomic E-state index is 13.4. The van der Waals surface area contributed by atoms with Crippen LogP contribution in [0.3, 0.4) is 0 Å². The predicted molar refractivity (Wildman–Crippen MR) is 184 cm³/mol. The number of pyridine rings is 1. The minimum atomic E-state index is -5.21. The zero-order chi connectivity index (χ0) is 38.3. The molecule has 2 heterocycles. The molecule has 0 radical (unpaired) electrons. The minimum Gasteiger partial charge on any atom is -0.744 e. The summed E-state index contributed by atoms with van der Waals surface area (Å²) >= 11 is 1.22. The molecule has 4 aromatic carbocycles. The largest absolute Gasteiger partial charge is 1.00 e. The van der Waals surface area contributed by atoms with E-state index in [-0.39, 0.29) is 117 Å². The first kappa shape index (κ1) is 48.1. The fraction of sp³-hybridized carbons (Fsp3) is 0.0333. The van der Waals surface area contributed by atoms with E-state index in [1.54, 1.807) is 22.1 Å². The van der Waals surface area contributed by atoms with E-state index < -0.39 is 78.2 Å². The number of nitrogens with zero attached hydrogens (tertiary/aromatic N) is 3. The van der Waals surface area contributed by atoms with Gasteiger partial charge in [-0.05, 0) is 54.6 Å². The molecule has 18 nitrogen and oxygen atoms in total. The fourth-order valence-corrected chi connectivity index (χ4v) is 8.55. The van der Waals surface area contributed by atoms with Crippen LogP contribution >= 0.6 is 11.5 Å². The van der Waals surface area contributed by atoms with Crippen LogP contribution in [0.4, 0.5) is 22.1 Å². The Kier molecular flexibility index (Phi) is 16.1. The molecule has 0 fully saturated rings. The summed E-state index contributed by atoms with van der Waals surface area (Å²) in [5.74, 6) is -0.990. The summed E-state index contributed by atoms with van der Waals surface area (Å²) in [6.45, 7) is -0.616. The number of ether oxygens (including phenoxy) is 1. The predicted octanol–water partition coefficient (Wildman–Crippen LogP) is -5.27. The Balaban J connectivity index is 0.00000280. The molecule has 0 bridgehead atoms. The summed E-state index contributed by atoms with van der Waals surface area (Å²) in [4.78, 5) is -3.43. The van der Waals surface area contributed by atoms with Gasteiger partial charge in [-0.15, -0.1) is 14.0 Å². The second kappa shape index (κ2) is 18.8. The Labute approximate surface area is 390 Å². The van der Waals surface area contributed by atoms with E-state index in [2.05, 4.69) is 20.3 Å². The van der Waals surface area contributed by atoms with Crippen molar-refractivity contribution in [1.82, 2.24) is 0 Å². The fourth-order valence-electron chi connectivity index (χ4n) is 4.90. The van der Waals surface area contributed by atoms with Crippen LogP contribution < -0.4 is 107 Å². The van der Waals surface area contributed by atoms with Crippen molar-refractivity contribution < 1.29 is 150 Å². The number of azo groups is 1. The number of hydrogen-bond donors (Lipinski definition) is 3. The van der Waals surface area contributed by atoms with Gasteiger partial charge in [-0.3, -0.25) is 4.72 Å². The normalized spacial score (nSPS) is 12.1. The molecular formula is C30H21N5Na3O13S5+. The van der Waals surface area contributed by atoms with E-state index in [0.29, 0.717) is 29.3 Å². The van der Waals surface area contributed by atoms with Crippen molar-refractivity contribution in [3.8, 4) is 11.5 Å². The second-order valence-corrected chi connectivity index (χ2v) is 17.6.